The zero-order chi connectivity index (χ0) is 16.2. The van der Waals surface area contributed by atoms with Crippen LogP contribution in [-0.2, 0) is 9.47 Å². The third-order valence-corrected chi connectivity index (χ3v) is 3.93. The van der Waals surface area contributed by atoms with Crippen molar-refractivity contribution in [3.05, 3.63) is 36.0 Å². The fraction of sp³-hybridized carbons (Fsp3) is 0.467. The molecule has 8 heteroatoms. The summed E-state index contributed by atoms with van der Waals surface area (Å²) in [5, 5.41) is 7.79. The molecule has 1 aliphatic carbocycles. The monoisotopic (exact) mass is 319 g/mol. The Kier molecular flexibility index (Phi) is 4.40. The van der Waals surface area contributed by atoms with E-state index >= 15 is 0 Å². The number of ether oxygens (including phenoxy) is 2. The lowest BCUT2D eigenvalue weighted by Crippen LogP contribution is -2.32. The Morgan fingerprint density at radius 3 is 2.87 bits per heavy atom. The maximum Gasteiger partial charge on any atom is 0.360 e. The van der Waals surface area contributed by atoms with Crippen molar-refractivity contribution < 1.29 is 23.5 Å². The van der Waals surface area contributed by atoms with Gasteiger partial charge in [-0.25, -0.2) is 14.3 Å². The van der Waals surface area contributed by atoms with E-state index in [1.807, 2.05) is 0 Å². The van der Waals surface area contributed by atoms with E-state index in [9.17, 15) is 9.59 Å². The van der Waals surface area contributed by atoms with E-state index in [0.717, 1.165) is 25.7 Å². The fourth-order valence-electron chi connectivity index (χ4n) is 2.74. The number of carbonyl (C=O) groups is 2. The first-order chi connectivity index (χ1) is 11.2. The van der Waals surface area contributed by atoms with Gasteiger partial charge in [-0.15, -0.1) is 5.10 Å². The van der Waals surface area contributed by atoms with Crippen LogP contribution in [0.15, 0.2) is 29.2 Å². The molecule has 0 aliphatic heterocycles. The zero-order valence-electron chi connectivity index (χ0n) is 12.7. The molecule has 0 aromatic carbocycles. The lowest BCUT2D eigenvalue weighted by Gasteiger charge is -2.30. The molecule has 0 spiro atoms. The first-order valence-corrected chi connectivity index (χ1v) is 7.42. The number of rotatable bonds is 4. The molecule has 3 rings (SSSR count). The standard InChI is InChI=1S/C15H17N3O5/c1-21-15(20)11-8-18(17-16-11)12-4-2-3-5-13(12)23-14(19)10-6-7-22-9-10/h6-9,12-13H,2-5H2,1H3/t12-,13+/m1/s1. The highest BCUT2D eigenvalue weighted by atomic mass is 16.5. The number of furan rings is 1. The van der Waals surface area contributed by atoms with Gasteiger partial charge in [-0.05, 0) is 25.3 Å². The van der Waals surface area contributed by atoms with Crippen molar-refractivity contribution in [1.29, 1.82) is 0 Å². The van der Waals surface area contributed by atoms with Crippen LogP contribution in [0.4, 0.5) is 0 Å². The molecule has 122 valence electrons. The molecular formula is C15H17N3O5. The maximum atomic E-state index is 12.1. The smallest absolute Gasteiger partial charge is 0.360 e. The van der Waals surface area contributed by atoms with Crippen molar-refractivity contribution in [2.45, 2.75) is 37.8 Å². The summed E-state index contributed by atoms with van der Waals surface area (Å²) in [5.74, 6) is -0.969. The van der Waals surface area contributed by atoms with Crippen molar-refractivity contribution >= 4 is 11.9 Å². The van der Waals surface area contributed by atoms with E-state index in [-0.39, 0.29) is 17.8 Å². The summed E-state index contributed by atoms with van der Waals surface area (Å²) >= 11 is 0. The largest absolute Gasteiger partial charge is 0.472 e. The molecule has 0 saturated heterocycles. The third-order valence-electron chi connectivity index (χ3n) is 3.93. The second-order valence-electron chi connectivity index (χ2n) is 5.38. The molecule has 8 nitrogen and oxygen atoms in total. The van der Waals surface area contributed by atoms with Crippen LogP contribution in [0.5, 0.6) is 0 Å². The molecule has 0 bridgehead atoms. The molecule has 0 unspecified atom stereocenters. The van der Waals surface area contributed by atoms with Crippen molar-refractivity contribution in [3.8, 4) is 0 Å². The highest BCUT2D eigenvalue weighted by Crippen LogP contribution is 2.31. The Morgan fingerprint density at radius 2 is 2.13 bits per heavy atom. The number of aromatic nitrogens is 3. The van der Waals surface area contributed by atoms with Gasteiger partial charge >= 0.3 is 11.9 Å². The summed E-state index contributed by atoms with van der Waals surface area (Å²) in [6, 6.07) is 1.41. The van der Waals surface area contributed by atoms with Gasteiger partial charge in [-0.1, -0.05) is 11.6 Å². The number of methoxy groups -OCH3 is 1. The minimum absolute atomic E-state index is 0.137. The molecular weight excluding hydrogens is 302 g/mol. The Labute approximate surface area is 132 Å². The van der Waals surface area contributed by atoms with E-state index in [2.05, 4.69) is 15.0 Å². The van der Waals surface area contributed by atoms with E-state index in [4.69, 9.17) is 9.15 Å². The first-order valence-electron chi connectivity index (χ1n) is 7.42. The summed E-state index contributed by atoms with van der Waals surface area (Å²) in [4.78, 5) is 23.6. The predicted octanol–water partition coefficient (Wildman–Crippen LogP) is 2.00. The predicted molar refractivity (Wildman–Crippen MR) is 76.8 cm³/mol. The van der Waals surface area contributed by atoms with Crippen molar-refractivity contribution in [1.82, 2.24) is 15.0 Å². The number of esters is 2. The van der Waals surface area contributed by atoms with Gasteiger partial charge in [0.25, 0.3) is 0 Å². The number of hydrogen-bond acceptors (Lipinski definition) is 7. The molecule has 23 heavy (non-hydrogen) atoms. The van der Waals surface area contributed by atoms with Gasteiger partial charge in [0, 0.05) is 0 Å². The van der Waals surface area contributed by atoms with Gasteiger partial charge in [0.2, 0.25) is 0 Å². The summed E-state index contributed by atoms with van der Waals surface area (Å²) in [5.41, 5.74) is 0.515. The van der Waals surface area contributed by atoms with E-state index in [1.54, 1.807) is 10.7 Å². The van der Waals surface area contributed by atoms with Crippen LogP contribution >= 0.6 is 0 Å². The first kappa shape index (κ1) is 15.3. The Bertz CT molecular complexity index is 679. The second-order valence-corrected chi connectivity index (χ2v) is 5.38. The average molecular weight is 319 g/mol. The van der Waals surface area contributed by atoms with Crippen LogP contribution in [0.1, 0.15) is 52.6 Å². The van der Waals surface area contributed by atoms with Crippen LogP contribution in [0, 0.1) is 0 Å². The topological polar surface area (TPSA) is 96.5 Å². The van der Waals surface area contributed by atoms with Gasteiger partial charge < -0.3 is 13.9 Å². The second kappa shape index (κ2) is 6.64. The van der Waals surface area contributed by atoms with E-state index in [1.165, 1.54) is 25.8 Å². The molecule has 1 aliphatic rings. The highest BCUT2D eigenvalue weighted by Gasteiger charge is 2.31. The Balaban J connectivity index is 1.74. The summed E-state index contributed by atoms with van der Waals surface area (Å²) in [6.45, 7) is 0. The maximum absolute atomic E-state index is 12.1. The molecule has 2 aromatic rings. The third kappa shape index (κ3) is 3.25. The van der Waals surface area contributed by atoms with Crippen LogP contribution in [-0.4, -0.2) is 40.1 Å². The summed E-state index contributed by atoms with van der Waals surface area (Å²) < 4.78 is 16.7. The average Bonchev–Trinajstić information content (AvgIpc) is 3.26. The van der Waals surface area contributed by atoms with Gasteiger partial charge in [0.15, 0.2) is 5.69 Å². The Hall–Kier alpha value is -2.64. The van der Waals surface area contributed by atoms with Gasteiger partial charge in [-0.3, -0.25) is 0 Å². The van der Waals surface area contributed by atoms with Crippen LogP contribution in [0.3, 0.4) is 0 Å². The van der Waals surface area contributed by atoms with Crippen LogP contribution in [0.2, 0.25) is 0 Å². The lowest BCUT2D eigenvalue weighted by molar-refractivity contribution is 0.00167. The molecule has 0 N–H and O–H groups in total. The summed E-state index contributed by atoms with van der Waals surface area (Å²) in [6.07, 6.45) is 7.49. The van der Waals surface area contributed by atoms with Gasteiger partial charge in [0.1, 0.15) is 12.4 Å². The normalized spacial score (nSPS) is 20.9. The molecule has 1 saturated carbocycles. The lowest BCUT2D eigenvalue weighted by atomic mass is 9.92. The quantitative estimate of drug-likeness (QED) is 0.795. The molecule has 2 atom stereocenters. The van der Waals surface area contributed by atoms with Crippen molar-refractivity contribution in [3.63, 3.8) is 0 Å². The summed E-state index contributed by atoms with van der Waals surface area (Å²) in [7, 11) is 1.29. The van der Waals surface area contributed by atoms with Crippen molar-refractivity contribution in [2.75, 3.05) is 7.11 Å². The Morgan fingerprint density at radius 1 is 1.30 bits per heavy atom. The SMILES string of the molecule is COC(=O)c1cn([C@@H]2CCCC[C@@H]2OC(=O)c2ccoc2)nn1. The minimum Gasteiger partial charge on any atom is -0.472 e. The van der Waals surface area contributed by atoms with E-state index < -0.39 is 11.9 Å². The van der Waals surface area contributed by atoms with E-state index in [0.29, 0.717) is 5.56 Å². The van der Waals surface area contributed by atoms with Crippen LogP contribution < -0.4 is 0 Å². The van der Waals surface area contributed by atoms with Gasteiger partial charge in [-0.2, -0.15) is 0 Å². The molecule has 2 aromatic heterocycles. The molecule has 1 fully saturated rings. The minimum atomic E-state index is -0.543. The number of carbonyl (C=O) groups excluding carboxylic acids is 2. The molecule has 0 amide bonds. The van der Waals surface area contributed by atoms with Crippen LogP contribution in [0.25, 0.3) is 0 Å². The number of nitrogens with zero attached hydrogens (tertiary/aromatic N) is 3. The molecule has 0 radical (unpaired) electrons. The molecule has 2 heterocycles. The van der Waals surface area contributed by atoms with Crippen molar-refractivity contribution in [2.24, 2.45) is 0 Å². The number of hydrogen-bond donors (Lipinski definition) is 0. The highest BCUT2D eigenvalue weighted by molar-refractivity contribution is 5.89. The fourth-order valence-corrected chi connectivity index (χ4v) is 2.74. The zero-order valence-corrected chi connectivity index (χ0v) is 12.7. The van der Waals surface area contributed by atoms with Gasteiger partial charge in [0.05, 0.1) is 31.2 Å².